The number of imide groups is 2. The molecule has 2 heterocycles. The van der Waals surface area contributed by atoms with Gasteiger partial charge in [0.25, 0.3) is 17.4 Å². The normalized spacial score (nSPS) is 21.1. The number of barbiturate groups is 1. The van der Waals surface area contributed by atoms with Crippen molar-refractivity contribution in [1.29, 1.82) is 0 Å². The van der Waals surface area contributed by atoms with Crippen LogP contribution in [0.3, 0.4) is 0 Å². The van der Waals surface area contributed by atoms with Crippen LogP contribution in [0.4, 0.5) is 4.79 Å². The first-order chi connectivity index (χ1) is 13.4. The highest BCUT2D eigenvalue weighted by Crippen LogP contribution is 2.34. The first kappa shape index (κ1) is 22.3. The Morgan fingerprint density at radius 3 is 2.14 bits per heavy atom. The molecule has 2 aliphatic rings. The molecule has 10 heteroatoms. The van der Waals surface area contributed by atoms with Crippen molar-refractivity contribution in [3.63, 3.8) is 0 Å². The molecule has 0 unspecified atom stereocenters. The molecule has 0 spiro atoms. The lowest BCUT2D eigenvalue weighted by Gasteiger charge is -2.53. The third-order valence-corrected chi connectivity index (χ3v) is 5.94. The fraction of sp³-hybridized carbons (Fsp3) is 0.778. The lowest BCUT2D eigenvalue weighted by molar-refractivity contribution is -0.959. The highest BCUT2D eigenvalue weighted by molar-refractivity contribution is 6.21. The van der Waals surface area contributed by atoms with Crippen molar-refractivity contribution in [2.45, 2.75) is 50.5 Å². The topological polar surface area (TPSA) is 151 Å². The maximum Gasteiger partial charge on any atom is 0.328 e. The third kappa shape index (κ3) is 4.68. The number of amides is 5. The van der Waals surface area contributed by atoms with Crippen molar-refractivity contribution in [3.8, 4) is 0 Å². The van der Waals surface area contributed by atoms with Crippen LogP contribution in [0.2, 0.25) is 0 Å². The van der Waals surface area contributed by atoms with E-state index in [-0.39, 0.29) is 23.5 Å². The molecule has 2 fully saturated rings. The number of rotatable bonds is 11. The molecule has 0 atom stereocenters. The van der Waals surface area contributed by atoms with Crippen LogP contribution >= 0.6 is 0 Å². The second-order valence-electron chi connectivity index (χ2n) is 7.62. The van der Waals surface area contributed by atoms with Gasteiger partial charge < -0.3 is 16.2 Å². The van der Waals surface area contributed by atoms with Crippen molar-refractivity contribution in [2.24, 2.45) is 5.73 Å². The number of hydrogen-bond donors (Lipinski definition) is 5. The average molecular weight is 398 g/mol. The Balaban J connectivity index is 2.13. The first-order valence-corrected chi connectivity index (χ1v) is 10.0. The quantitative estimate of drug-likeness (QED) is 0.166. The highest BCUT2D eigenvalue weighted by Gasteiger charge is 2.64. The number of piperazine rings is 1. The molecular weight excluding hydrogens is 366 g/mol. The van der Waals surface area contributed by atoms with Gasteiger partial charge >= 0.3 is 6.03 Å². The molecule has 28 heavy (non-hydrogen) atoms. The SMILES string of the molecule is NC(=O)CCCCCCCC1([N+]2(CCO)CCNCC2)C(=O)NC(=O)NC1=O. The van der Waals surface area contributed by atoms with Crippen LogP contribution in [0, 0.1) is 0 Å². The minimum absolute atomic E-state index is 0.142. The fourth-order valence-electron chi connectivity index (χ4n) is 4.46. The Labute approximate surface area is 164 Å². The van der Waals surface area contributed by atoms with Gasteiger partial charge in [-0.1, -0.05) is 19.3 Å². The molecule has 2 rings (SSSR count). The van der Waals surface area contributed by atoms with Gasteiger partial charge in [0, 0.05) is 25.9 Å². The van der Waals surface area contributed by atoms with E-state index < -0.39 is 23.4 Å². The summed E-state index contributed by atoms with van der Waals surface area (Å²) >= 11 is 0. The van der Waals surface area contributed by atoms with E-state index >= 15 is 0 Å². The maximum absolute atomic E-state index is 13.0. The first-order valence-electron chi connectivity index (χ1n) is 10.0. The fourth-order valence-corrected chi connectivity index (χ4v) is 4.46. The zero-order valence-corrected chi connectivity index (χ0v) is 16.3. The smallest absolute Gasteiger partial charge is 0.328 e. The van der Waals surface area contributed by atoms with Gasteiger partial charge in [-0.05, 0) is 12.8 Å². The van der Waals surface area contributed by atoms with Crippen molar-refractivity contribution >= 4 is 23.8 Å². The lowest BCUT2D eigenvalue weighted by atomic mass is 9.82. The van der Waals surface area contributed by atoms with Crippen LogP contribution in [0.15, 0.2) is 0 Å². The summed E-state index contributed by atoms with van der Waals surface area (Å²) in [7, 11) is 0. The second-order valence-corrected chi connectivity index (χ2v) is 7.62. The summed E-state index contributed by atoms with van der Waals surface area (Å²) in [5.41, 5.74) is 3.71. The van der Waals surface area contributed by atoms with E-state index in [1.54, 1.807) is 0 Å². The van der Waals surface area contributed by atoms with E-state index in [9.17, 15) is 24.3 Å². The molecule has 2 aliphatic heterocycles. The van der Waals surface area contributed by atoms with E-state index in [2.05, 4.69) is 16.0 Å². The van der Waals surface area contributed by atoms with Gasteiger partial charge in [0.05, 0.1) is 19.7 Å². The summed E-state index contributed by atoms with van der Waals surface area (Å²) in [6, 6.07) is -0.797. The monoisotopic (exact) mass is 398 g/mol. The van der Waals surface area contributed by atoms with Crippen molar-refractivity contribution in [1.82, 2.24) is 16.0 Å². The van der Waals surface area contributed by atoms with E-state index in [1.807, 2.05) is 0 Å². The number of aliphatic hydroxyl groups is 1. The Bertz CT molecular complexity index is 578. The molecule has 0 aromatic rings. The standard InChI is InChI=1S/C18H31N5O5/c19-14(25)6-4-2-1-3-5-7-18(15(26)21-17(28)22-16(18)27)23(12-13-24)10-8-20-9-11-23/h20,24H,1-13H2,(H3-,19,21,22,25,26,27,28)/p+1. The van der Waals surface area contributed by atoms with Crippen molar-refractivity contribution in [3.05, 3.63) is 0 Å². The molecule has 2 saturated heterocycles. The van der Waals surface area contributed by atoms with Crippen LogP contribution in [0.5, 0.6) is 0 Å². The lowest BCUT2D eigenvalue weighted by Crippen LogP contribution is -2.82. The summed E-state index contributed by atoms with van der Waals surface area (Å²) in [6.07, 6.45) is 4.54. The molecule has 0 aliphatic carbocycles. The largest absolute Gasteiger partial charge is 0.391 e. The molecule has 0 aromatic heterocycles. The number of nitrogens with zero attached hydrogens (tertiary/aromatic N) is 1. The molecule has 0 bridgehead atoms. The predicted molar refractivity (Wildman–Crippen MR) is 101 cm³/mol. The van der Waals surface area contributed by atoms with Gasteiger partial charge in [-0.15, -0.1) is 0 Å². The zero-order chi connectivity index (χ0) is 20.6. The maximum atomic E-state index is 13.0. The van der Waals surface area contributed by atoms with Crippen LogP contribution in [-0.4, -0.2) is 78.2 Å². The molecule has 158 valence electrons. The van der Waals surface area contributed by atoms with Gasteiger partial charge in [-0.3, -0.25) is 29.5 Å². The summed E-state index contributed by atoms with van der Waals surface area (Å²) in [5, 5.41) is 17.4. The predicted octanol–water partition coefficient (Wildman–Crippen LogP) is -1.28. The second kappa shape index (κ2) is 9.94. The molecule has 10 nitrogen and oxygen atoms in total. The number of quaternary nitrogens is 1. The van der Waals surface area contributed by atoms with Gasteiger partial charge in [-0.2, -0.15) is 0 Å². The number of unbranched alkanes of at least 4 members (excludes halogenated alkanes) is 4. The van der Waals surface area contributed by atoms with E-state index in [4.69, 9.17) is 5.73 Å². The summed E-state index contributed by atoms with van der Waals surface area (Å²) in [4.78, 5) is 48.4. The summed E-state index contributed by atoms with van der Waals surface area (Å²) < 4.78 is 0.142. The third-order valence-electron chi connectivity index (χ3n) is 5.94. The number of aliphatic hydroxyl groups excluding tert-OH is 1. The number of carbonyl (C=O) groups excluding carboxylic acids is 4. The molecule has 5 amide bonds. The van der Waals surface area contributed by atoms with Crippen LogP contribution in [-0.2, 0) is 14.4 Å². The number of nitrogens with one attached hydrogen (secondary N) is 3. The van der Waals surface area contributed by atoms with Crippen LogP contribution in [0.25, 0.3) is 0 Å². The van der Waals surface area contributed by atoms with Crippen LogP contribution in [0.1, 0.15) is 44.9 Å². The minimum atomic E-state index is -1.42. The van der Waals surface area contributed by atoms with Crippen molar-refractivity contribution in [2.75, 3.05) is 39.3 Å². The van der Waals surface area contributed by atoms with Crippen LogP contribution < -0.4 is 21.7 Å². The Morgan fingerprint density at radius 1 is 1.00 bits per heavy atom. The minimum Gasteiger partial charge on any atom is -0.391 e. The van der Waals surface area contributed by atoms with E-state index in [0.717, 1.165) is 25.7 Å². The Morgan fingerprint density at radius 2 is 1.57 bits per heavy atom. The Hall–Kier alpha value is -2.04. The number of urea groups is 1. The number of primary amides is 1. The van der Waals surface area contributed by atoms with E-state index in [0.29, 0.717) is 45.4 Å². The molecule has 0 saturated carbocycles. The molecular formula is C18H32N5O5+. The van der Waals surface area contributed by atoms with Gasteiger partial charge in [0.2, 0.25) is 5.91 Å². The van der Waals surface area contributed by atoms with Crippen molar-refractivity contribution < 1.29 is 28.8 Å². The van der Waals surface area contributed by atoms with Gasteiger partial charge in [0.15, 0.2) is 0 Å². The summed E-state index contributed by atoms with van der Waals surface area (Å²) in [5.74, 6) is -1.47. The Kier molecular flexibility index (Phi) is 7.90. The van der Waals surface area contributed by atoms with Gasteiger partial charge in [-0.25, -0.2) is 4.79 Å². The number of carbonyl (C=O) groups is 4. The molecule has 0 radical (unpaired) electrons. The summed E-state index contributed by atoms with van der Waals surface area (Å²) in [6.45, 7) is 2.42. The highest BCUT2D eigenvalue weighted by atomic mass is 16.3. The molecule has 0 aromatic carbocycles. The van der Waals surface area contributed by atoms with Gasteiger partial charge in [0.1, 0.15) is 6.54 Å². The number of nitrogens with two attached hydrogens (primary N) is 1. The molecule has 6 N–H and O–H groups in total. The zero-order valence-electron chi connectivity index (χ0n) is 16.3. The number of hydrogen-bond acceptors (Lipinski definition) is 6. The average Bonchev–Trinajstić information content (AvgIpc) is 2.63. The van der Waals surface area contributed by atoms with E-state index in [1.165, 1.54) is 0 Å².